The van der Waals surface area contributed by atoms with Crippen LogP contribution in [0.4, 0.5) is 0 Å². The fourth-order valence-corrected chi connectivity index (χ4v) is 1.13. The Kier molecular flexibility index (Phi) is 3.50. The van der Waals surface area contributed by atoms with Crippen LogP contribution in [-0.2, 0) is 10.4 Å². The van der Waals surface area contributed by atoms with Gasteiger partial charge in [0.2, 0.25) is 0 Å². The average Bonchev–Trinajstić information content (AvgIpc) is 2.16. The van der Waals surface area contributed by atoms with Gasteiger partial charge in [0.1, 0.15) is 5.75 Å². The van der Waals surface area contributed by atoms with E-state index in [1.165, 1.54) is 0 Å². The van der Waals surface area contributed by atoms with E-state index in [0.29, 0.717) is 16.9 Å². The van der Waals surface area contributed by atoms with Crippen LogP contribution in [0.5, 0.6) is 5.75 Å². The van der Waals surface area contributed by atoms with E-state index in [-0.39, 0.29) is 0 Å². The van der Waals surface area contributed by atoms with Crippen molar-refractivity contribution in [3.05, 3.63) is 42.0 Å². The van der Waals surface area contributed by atoms with Crippen LogP contribution in [0.3, 0.4) is 0 Å². The third kappa shape index (κ3) is 3.21. The highest BCUT2D eigenvalue weighted by Gasteiger charge is 2.16. The highest BCUT2D eigenvalue weighted by atomic mass is 16.5. The number of carbonyl (C=O) groups is 1. The third-order valence-electron chi connectivity index (χ3n) is 2.10. The molecule has 0 radical (unpaired) electrons. The summed E-state index contributed by atoms with van der Waals surface area (Å²) >= 11 is 0. The summed E-state index contributed by atoms with van der Waals surface area (Å²) in [5.41, 5.74) is 0.0826. The molecule has 3 heteroatoms. The Balaban J connectivity index is 2.92. The van der Waals surface area contributed by atoms with Crippen molar-refractivity contribution in [1.82, 2.24) is 0 Å². The summed E-state index contributed by atoms with van der Waals surface area (Å²) in [5.74, 6) is -0.0551. The first-order valence-electron chi connectivity index (χ1n) is 5.01. The first kappa shape index (κ1) is 12.5. The smallest absolute Gasteiger partial charge is 0.338 e. The lowest BCUT2D eigenvalue weighted by Crippen LogP contribution is -2.16. The fraction of sp³-hybridized carbons (Fsp3) is 0.308. The summed E-state index contributed by atoms with van der Waals surface area (Å²) in [6, 6.07) is 6.81. The summed E-state index contributed by atoms with van der Waals surface area (Å²) in [7, 11) is 0. The molecule has 16 heavy (non-hydrogen) atoms. The number of hydrogen-bond acceptors (Lipinski definition) is 3. The van der Waals surface area contributed by atoms with E-state index in [1.54, 1.807) is 45.0 Å². The van der Waals surface area contributed by atoms with Crippen LogP contribution in [0.25, 0.3) is 0 Å². The molecule has 0 unspecified atom stereocenters. The second-order valence-electron chi connectivity index (χ2n) is 4.26. The van der Waals surface area contributed by atoms with Gasteiger partial charge in [-0.15, -0.1) is 0 Å². The van der Waals surface area contributed by atoms with Crippen LogP contribution in [0.2, 0.25) is 0 Å². The Hall–Kier alpha value is -1.61. The van der Waals surface area contributed by atoms with Crippen LogP contribution in [0, 0.1) is 0 Å². The lowest BCUT2D eigenvalue weighted by atomic mass is 9.98. The number of hydrogen-bond donors (Lipinski definition) is 1. The van der Waals surface area contributed by atoms with Gasteiger partial charge in [-0.05, 0) is 38.5 Å². The Labute approximate surface area is 95.4 Å². The van der Waals surface area contributed by atoms with Gasteiger partial charge in [0, 0.05) is 5.57 Å². The van der Waals surface area contributed by atoms with Crippen molar-refractivity contribution >= 4 is 5.97 Å². The quantitative estimate of drug-likeness (QED) is 0.483. The topological polar surface area (TPSA) is 46.5 Å². The van der Waals surface area contributed by atoms with E-state index in [0.717, 1.165) is 0 Å². The zero-order valence-electron chi connectivity index (χ0n) is 9.78. The number of carbonyl (C=O) groups excluding carboxylic acids is 1. The standard InChI is InChI=1S/C13H16O3/c1-9(2)12(14)16-11-7-5-6-10(8-11)13(3,4)15/h5-8,15H,1H2,2-4H3. The van der Waals surface area contributed by atoms with Crippen molar-refractivity contribution in [3.8, 4) is 5.75 Å². The highest BCUT2D eigenvalue weighted by molar-refractivity contribution is 5.88. The zero-order valence-corrected chi connectivity index (χ0v) is 9.78. The molecule has 0 spiro atoms. The molecule has 0 saturated heterocycles. The van der Waals surface area contributed by atoms with Gasteiger partial charge in [-0.2, -0.15) is 0 Å². The van der Waals surface area contributed by atoms with Gasteiger partial charge in [0.05, 0.1) is 5.60 Å². The van der Waals surface area contributed by atoms with Gasteiger partial charge < -0.3 is 9.84 Å². The molecule has 0 heterocycles. The van der Waals surface area contributed by atoms with Gasteiger partial charge in [-0.25, -0.2) is 4.79 Å². The van der Waals surface area contributed by atoms with E-state index in [9.17, 15) is 9.90 Å². The molecule has 0 aromatic heterocycles. The molecule has 86 valence electrons. The number of esters is 1. The van der Waals surface area contributed by atoms with Crippen LogP contribution >= 0.6 is 0 Å². The van der Waals surface area contributed by atoms with Crippen LogP contribution in [-0.4, -0.2) is 11.1 Å². The van der Waals surface area contributed by atoms with E-state index in [4.69, 9.17) is 4.74 Å². The predicted molar refractivity (Wildman–Crippen MR) is 62.1 cm³/mol. The lowest BCUT2D eigenvalue weighted by molar-refractivity contribution is -0.130. The Bertz CT molecular complexity index is 413. The van der Waals surface area contributed by atoms with Crippen LogP contribution < -0.4 is 4.74 Å². The van der Waals surface area contributed by atoms with Gasteiger partial charge >= 0.3 is 5.97 Å². The minimum absolute atomic E-state index is 0.341. The Morgan fingerprint density at radius 1 is 1.44 bits per heavy atom. The van der Waals surface area contributed by atoms with E-state index in [2.05, 4.69) is 6.58 Å². The number of aliphatic hydroxyl groups is 1. The second kappa shape index (κ2) is 4.49. The molecular formula is C13H16O3. The maximum absolute atomic E-state index is 11.3. The summed E-state index contributed by atoms with van der Waals surface area (Å²) in [6.07, 6.45) is 0. The molecule has 3 nitrogen and oxygen atoms in total. The van der Waals surface area contributed by atoms with Gasteiger partial charge in [0.25, 0.3) is 0 Å². The largest absolute Gasteiger partial charge is 0.423 e. The van der Waals surface area contributed by atoms with E-state index >= 15 is 0 Å². The highest BCUT2D eigenvalue weighted by Crippen LogP contribution is 2.23. The Morgan fingerprint density at radius 2 is 2.06 bits per heavy atom. The fourth-order valence-electron chi connectivity index (χ4n) is 1.13. The first-order chi connectivity index (χ1) is 7.30. The van der Waals surface area contributed by atoms with Crippen molar-refractivity contribution in [3.63, 3.8) is 0 Å². The number of ether oxygens (including phenoxy) is 1. The van der Waals surface area contributed by atoms with Gasteiger partial charge in [-0.1, -0.05) is 18.7 Å². The van der Waals surface area contributed by atoms with E-state index in [1.807, 2.05) is 0 Å². The van der Waals surface area contributed by atoms with Crippen molar-refractivity contribution in [2.24, 2.45) is 0 Å². The predicted octanol–water partition coefficient (Wildman–Crippen LogP) is 2.40. The molecule has 0 aliphatic heterocycles. The molecule has 1 aromatic rings. The maximum Gasteiger partial charge on any atom is 0.338 e. The third-order valence-corrected chi connectivity index (χ3v) is 2.10. The summed E-state index contributed by atoms with van der Waals surface area (Å²) < 4.78 is 5.06. The minimum atomic E-state index is -0.953. The summed E-state index contributed by atoms with van der Waals surface area (Å²) in [6.45, 7) is 8.43. The molecule has 0 bridgehead atoms. The van der Waals surface area contributed by atoms with Crippen molar-refractivity contribution in [2.45, 2.75) is 26.4 Å². The molecule has 0 aliphatic carbocycles. The molecule has 0 atom stereocenters. The van der Waals surface area contributed by atoms with Crippen molar-refractivity contribution < 1.29 is 14.6 Å². The minimum Gasteiger partial charge on any atom is -0.423 e. The van der Waals surface area contributed by atoms with Crippen LogP contribution in [0.1, 0.15) is 26.3 Å². The summed E-state index contributed by atoms with van der Waals surface area (Å²) in [4.78, 5) is 11.3. The number of rotatable bonds is 3. The maximum atomic E-state index is 11.3. The van der Waals surface area contributed by atoms with Crippen molar-refractivity contribution in [1.29, 1.82) is 0 Å². The number of benzene rings is 1. The second-order valence-corrected chi connectivity index (χ2v) is 4.26. The molecule has 1 aromatic carbocycles. The van der Waals surface area contributed by atoms with E-state index < -0.39 is 11.6 Å². The van der Waals surface area contributed by atoms with Crippen molar-refractivity contribution in [2.75, 3.05) is 0 Å². The normalized spacial score (nSPS) is 11.0. The monoisotopic (exact) mass is 220 g/mol. The molecule has 0 aliphatic rings. The van der Waals surface area contributed by atoms with Gasteiger partial charge in [0.15, 0.2) is 0 Å². The Morgan fingerprint density at radius 3 is 2.56 bits per heavy atom. The zero-order chi connectivity index (χ0) is 12.3. The molecule has 0 saturated carbocycles. The average molecular weight is 220 g/mol. The van der Waals surface area contributed by atoms with Crippen LogP contribution in [0.15, 0.2) is 36.4 Å². The van der Waals surface area contributed by atoms with Gasteiger partial charge in [-0.3, -0.25) is 0 Å². The molecule has 1 rings (SSSR count). The first-order valence-corrected chi connectivity index (χ1v) is 5.01. The molecule has 0 amide bonds. The molecule has 1 N–H and O–H groups in total. The molecule has 0 fully saturated rings. The summed E-state index contributed by atoms with van der Waals surface area (Å²) in [5, 5.41) is 9.80. The molecular weight excluding hydrogens is 204 g/mol. The lowest BCUT2D eigenvalue weighted by Gasteiger charge is -2.18. The SMILES string of the molecule is C=C(C)C(=O)Oc1cccc(C(C)(C)O)c1.